The third kappa shape index (κ3) is 42.5. The van der Waals surface area contributed by atoms with E-state index in [1.54, 1.807) is 0 Å². The second-order valence-corrected chi connectivity index (χ2v) is 7.34. The third-order valence-corrected chi connectivity index (χ3v) is 4.53. The van der Waals surface area contributed by atoms with Gasteiger partial charge in [-0.3, -0.25) is 4.79 Å². The summed E-state index contributed by atoms with van der Waals surface area (Å²) in [7, 11) is 0. The standard InChI is InChI=1S/C18H36O2.C4H6O4.2Na/c1-2-3-4-5-6-7-8-9-10-11-12-13-14-15-16-17-18(19)20;5-3(6)1-2-4(7)8;;/h2-17H2,1H3,(H,19,20);1-2H2,(H,5,6)(H,7,8);;/q;;2*+1/p-2. The molecule has 0 spiro atoms. The van der Waals surface area contributed by atoms with Crippen LogP contribution in [0, 0.1) is 0 Å². The second kappa shape index (κ2) is 31.6. The van der Waals surface area contributed by atoms with E-state index in [-0.39, 0.29) is 59.1 Å². The van der Waals surface area contributed by atoms with Crippen molar-refractivity contribution in [2.75, 3.05) is 0 Å². The van der Waals surface area contributed by atoms with E-state index in [4.69, 9.17) is 5.11 Å². The minimum atomic E-state index is -1.37. The number of aliphatic carboxylic acids is 3. The SMILES string of the molecule is CCCCCCCCCCCCCCCCCC(=O)O.O=C([O-])CCC(=O)[O-].[Na+].[Na+]. The Hall–Kier alpha value is 0.410. The predicted octanol–water partition coefficient (Wildman–Crippen LogP) is -2.39. The largest absolute Gasteiger partial charge is 1.00 e. The molecule has 0 aromatic heterocycles. The summed E-state index contributed by atoms with van der Waals surface area (Å²) in [6, 6.07) is 0. The number of carbonyl (C=O) groups excluding carboxylic acids is 2. The molecule has 0 heterocycles. The van der Waals surface area contributed by atoms with Crippen molar-refractivity contribution in [3.63, 3.8) is 0 Å². The molecular weight excluding hydrogens is 406 g/mol. The molecule has 0 radical (unpaired) electrons. The maximum Gasteiger partial charge on any atom is 1.00 e. The number of hydrogen-bond donors (Lipinski definition) is 1. The first-order valence-corrected chi connectivity index (χ1v) is 11.0. The number of unbranched alkanes of at least 4 members (excludes halogenated alkanes) is 14. The van der Waals surface area contributed by atoms with E-state index in [1.807, 2.05) is 0 Å². The monoisotopic (exact) mass is 446 g/mol. The second-order valence-electron chi connectivity index (χ2n) is 7.34. The van der Waals surface area contributed by atoms with E-state index in [9.17, 15) is 24.6 Å². The van der Waals surface area contributed by atoms with Gasteiger partial charge in [0.2, 0.25) is 0 Å². The average molecular weight is 447 g/mol. The van der Waals surface area contributed by atoms with Crippen molar-refractivity contribution in [3.8, 4) is 0 Å². The van der Waals surface area contributed by atoms with Gasteiger partial charge in [-0.1, -0.05) is 96.8 Å². The van der Waals surface area contributed by atoms with Gasteiger partial charge < -0.3 is 24.9 Å². The molecule has 0 fully saturated rings. The first-order valence-electron chi connectivity index (χ1n) is 11.0. The molecule has 0 atom stereocenters. The number of rotatable bonds is 19. The number of carboxylic acids is 3. The molecule has 0 aromatic carbocycles. The Morgan fingerprint density at radius 2 is 0.800 bits per heavy atom. The van der Waals surface area contributed by atoms with Crippen LogP contribution >= 0.6 is 0 Å². The molecule has 0 aliphatic heterocycles. The normalized spacial score (nSPS) is 9.50. The molecule has 0 aliphatic carbocycles. The fourth-order valence-corrected chi connectivity index (χ4v) is 2.85. The molecule has 0 saturated carbocycles. The zero-order valence-electron chi connectivity index (χ0n) is 19.7. The summed E-state index contributed by atoms with van der Waals surface area (Å²) in [6.45, 7) is 2.27. The minimum Gasteiger partial charge on any atom is -0.550 e. The number of hydrogen-bond acceptors (Lipinski definition) is 5. The summed E-state index contributed by atoms with van der Waals surface area (Å²) in [5.41, 5.74) is 0. The Morgan fingerprint density at radius 1 is 0.533 bits per heavy atom. The maximum atomic E-state index is 10.3. The molecule has 0 saturated heterocycles. The molecule has 0 amide bonds. The van der Waals surface area contributed by atoms with Gasteiger partial charge in [0.1, 0.15) is 0 Å². The predicted molar refractivity (Wildman–Crippen MR) is 106 cm³/mol. The van der Waals surface area contributed by atoms with Crippen molar-refractivity contribution in [2.45, 2.75) is 122 Å². The van der Waals surface area contributed by atoms with Gasteiger partial charge in [-0.2, -0.15) is 0 Å². The van der Waals surface area contributed by atoms with E-state index < -0.39 is 30.7 Å². The first kappa shape index (κ1) is 37.7. The summed E-state index contributed by atoms with van der Waals surface area (Å²) < 4.78 is 0. The molecule has 8 heteroatoms. The fourth-order valence-electron chi connectivity index (χ4n) is 2.85. The van der Waals surface area contributed by atoms with Crippen LogP contribution in [0.25, 0.3) is 0 Å². The molecular formula is C22H40Na2O6. The summed E-state index contributed by atoms with van der Waals surface area (Å²) in [6.07, 6.45) is 19.3. The van der Waals surface area contributed by atoms with Crippen LogP contribution in [0.15, 0.2) is 0 Å². The van der Waals surface area contributed by atoms with Crippen molar-refractivity contribution >= 4 is 17.9 Å². The summed E-state index contributed by atoms with van der Waals surface area (Å²) in [4.78, 5) is 29.3. The molecule has 0 aliphatic rings. The van der Waals surface area contributed by atoms with Crippen molar-refractivity contribution in [2.24, 2.45) is 0 Å². The van der Waals surface area contributed by atoms with Crippen LogP contribution in [0.4, 0.5) is 0 Å². The van der Waals surface area contributed by atoms with E-state index in [1.165, 1.54) is 83.5 Å². The van der Waals surface area contributed by atoms with Gasteiger partial charge in [-0.25, -0.2) is 0 Å². The van der Waals surface area contributed by atoms with Crippen LogP contribution < -0.4 is 69.3 Å². The topological polar surface area (TPSA) is 118 Å². The minimum absolute atomic E-state index is 0. The first-order chi connectivity index (χ1) is 13.4. The Labute approximate surface area is 227 Å². The molecule has 0 aromatic rings. The molecule has 0 rings (SSSR count). The summed E-state index contributed by atoms with van der Waals surface area (Å²) >= 11 is 0. The van der Waals surface area contributed by atoms with Gasteiger partial charge >= 0.3 is 65.1 Å². The van der Waals surface area contributed by atoms with Crippen LogP contribution in [0.2, 0.25) is 0 Å². The van der Waals surface area contributed by atoms with Gasteiger partial charge in [0, 0.05) is 18.4 Å². The van der Waals surface area contributed by atoms with Crippen LogP contribution in [-0.4, -0.2) is 23.0 Å². The summed E-state index contributed by atoms with van der Waals surface area (Å²) in [5, 5.41) is 27.5. The Bertz CT molecular complexity index is 378. The van der Waals surface area contributed by atoms with Gasteiger partial charge in [-0.05, 0) is 19.3 Å². The number of carbonyl (C=O) groups is 3. The zero-order valence-corrected chi connectivity index (χ0v) is 23.7. The van der Waals surface area contributed by atoms with E-state index in [0.717, 1.165) is 12.8 Å². The molecule has 0 unspecified atom stereocenters. The average Bonchev–Trinajstić information content (AvgIpc) is 2.63. The quantitative estimate of drug-likeness (QED) is 0.175. The van der Waals surface area contributed by atoms with Gasteiger partial charge in [0.15, 0.2) is 0 Å². The van der Waals surface area contributed by atoms with Gasteiger partial charge in [0.05, 0.1) is 0 Å². The smallest absolute Gasteiger partial charge is 0.550 e. The number of carboxylic acid groups (broad SMARTS) is 3. The molecule has 30 heavy (non-hydrogen) atoms. The Balaban J connectivity index is -0.000000288. The van der Waals surface area contributed by atoms with Crippen LogP contribution in [-0.2, 0) is 14.4 Å². The van der Waals surface area contributed by atoms with Gasteiger partial charge in [-0.15, -0.1) is 0 Å². The molecule has 166 valence electrons. The van der Waals surface area contributed by atoms with Crippen LogP contribution in [0.5, 0.6) is 0 Å². The zero-order chi connectivity index (χ0) is 21.5. The van der Waals surface area contributed by atoms with Crippen LogP contribution in [0.3, 0.4) is 0 Å². The van der Waals surface area contributed by atoms with E-state index in [0.29, 0.717) is 6.42 Å². The Kier molecular flexibility index (Phi) is 39.7. The summed E-state index contributed by atoms with van der Waals surface area (Å²) in [5.74, 6) is -3.39. The molecule has 0 bridgehead atoms. The maximum absolute atomic E-state index is 10.3. The van der Waals surface area contributed by atoms with Gasteiger partial charge in [0.25, 0.3) is 0 Å². The van der Waals surface area contributed by atoms with Crippen molar-refractivity contribution in [3.05, 3.63) is 0 Å². The molecule has 1 N–H and O–H groups in total. The van der Waals surface area contributed by atoms with Crippen molar-refractivity contribution in [1.29, 1.82) is 0 Å². The van der Waals surface area contributed by atoms with Crippen molar-refractivity contribution < 1.29 is 88.8 Å². The van der Waals surface area contributed by atoms with Crippen molar-refractivity contribution in [1.82, 2.24) is 0 Å². The fraction of sp³-hybridized carbons (Fsp3) is 0.864. The third-order valence-electron chi connectivity index (χ3n) is 4.53. The van der Waals surface area contributed by atoms with Crippen LogP contribution in [0.1, 0.15) is 122 Å². The molecule has 6 nitrogen and oxygen atoms in total. The van der Waals surface area contributed by atoms with E-state index in [2.05, 4.69) is 6.92 Å². The van der Waals surface area contributed by atoms with E-state index >= 15 is 0 Å². The Morgan fingerprint density at radius 3 is 1.03 bits per heavy atom.